The minimum Gasteiger partial charge on any atom is -1.00 e. The number of hydrogen-bond acceptors (Lipinski definition) is 4. The van der Waals surface area contributed by atoms with Crippen LogP contribution in [0.15, 0.2) is 0 Å². The third-order valence-corrected chi connectivity index (χ3v) is 0. The van der Waals surface area contributed by atoms with E-state index in [1.165, 1.54) is 0 Å². The van der Waals surface area contributed by atoms with E-state index in [0.29, 0.717) is 0 Å². The first-order valence-corrected chi connectivity index (χ1v) is 1.03. The first-order valence-electron chi connectivity index (χ1n) is 1.03. The van der Waals surface area contributed by atoms with Crippen LogP contribution in [-0.4, -0.2) is 0 Å². The van der Waals surface area contributed by atoms with Crippen molar-refractivity contribution in [1.29, 1.82) is 21.0 Å². The first-order chi connectivity index (χ1) is 4.00. The summed E-state index contributed by atoms with van der Waals surface area (Å²) >= 11 is 0. The van der Waals surface area contributed by atoms with E-state index >= 15 is 0 Å². The monoisotopic (exact) mass is 132 g/mol. The van der Waals surface area contributed by atoms with Crippen LogP contribution in [0.5, 0.6) is 0 Å². The van der Waals surface area contributed by atoms with Crippen LogP contribution in [0.3, 0.4) is 0 Å². The number of rotatable bonds is 0. The van der Waals surface area contributed by atoms with Gasteiger partial charge >= 0.3 is 29.6 Å². The van der Waals surface area contributed by atoms with Gasteiger partial charge in [-0.25, -0.2) is 21.0 Å². The summed E-state index contributed by atoms with van der Waals surface area (Å²) in [6, 6.07) is 0. The zero-order chi connectivity index (χ0) is 8.00. The molecule has 0 atom stereocenters. The summed E-state index contributed by atoms with van der Waals surface area (Å²) in [5, 5.41) is 26.0. The maximum absolute atomic E-state index is 6.50. The molecule has 0 rings (SSSR count). The van der Waals surface area contributed by atoms with E-state index in [1.54, 1.807) is 0 Å². The molecule has 0 saturated heterocycles. The van der Waals surface area contributed by atoms with Crippen LogP contribution in [0, 0.1) is 47.3 Å². The molecule has 0 aliphatic heterocycles. The molecular formula is C4H5N4Na. The van der Waals surface area contributed by atoms with Gasteiger partial charge in [0.15, 0.2) is 0 Å². The Kier molecular flexibility index (Phi) is 1120. The molecule has 0 fully saturated rings. The summed E-state index contributed by atoms with van der Waals surface area (Å²) in [4.78, 5) is 0. The summed E-state index contributed by atoms with van der Waals surface area (Å²) < 4.78 is 0. The fraction of sp³-hybridized carbons (Fsp3) is 0. The minimum absolute atomic E-state index is 0. The summed E-state index contributed by atoms with van der Waals surface area (Å²) in [5.41, 5.74) is 0. The van der Waals surface area contributed by atoms with Crippen LogP contribution in [0.1, 0.15) is 1.43 Å². The van der Waals surface area contributed by atoms with Gasteiger partial charge in [0.05, 0.1) is 0 Å². The third-order valence-electron chi connectivity index (χ3n) is 0. The predicted molar refractivity (Wildman–Crippen MR) is 27.8 cm³/mol. The van der Waals surface area contributed by atoms with E-state index in [2.05, 4.69) is 26.3 Å². The molecular weight excluding hydrogens is 127 g/mol. The molecule has 0 spiro atoms. The minimum atomic E-state index is 0. The Labute approximate surface area is 78.3 Å². The quantitative estimate of drug-likeness (QED) is 0.345. The molecule has 0 aliphatic carbocycles. The smallest absolute Gasteiger partial charge is 1.00 e. The molecule has 9 heavy (non-hydrogen) atoms. The van der Waals surface area contributed by atoms with E-state index < -0.39 is 0 Å². The van der Waals surface area contributed by atoms with Crippen LogP contribution >= 0.6 is 0 Å². The van der Waals surface area contributed by atoms with Crippen LogP contribution in [-0.2, 0) is 0 Å². The summed E-state index contributed by atoms with van der Waals surface area (Å²) in [5.74, 6) is 0. The number of nitrogens with zero attached hydrogens (tertiary/aromatic N) is 4. The van der Waals surface area contributed by atoms with Gasteiger partial charge in [0, 0.05) is 26.3 Å². The number of hydrogen-bond donors (Lipinski definition) is 0. The average Bonchev–Trinajstić information content (AvgIpc) is 2.03. The third kappa shape index (κ3) is 158. The fourth-order valence-electron chi connectivity index (χ4n) is 0. The fourth-order valence-corrected chi connectivity index (χ4v) is 0. The van der Waals surface area contributed by atoms with Gasteiger partial charge in [-0.15, -0.1) is 0 Å². The largest absolute Gasteiger partial charge is 1.00 e. The van der Waals surface area contributed by atoms with Gasteiger partial charge in [0.1, 0.15) is 0 Å². The van der Waals surface area contributed by atoms with Gasteiger partial charge in [-0.3, -0.25) is 0 Å². The van der Waals surface area contributed by atoms with Crippen LogP contribution in [0.25, 0.3) is 0 Å². The van der Waals surface area contributed by atoms with Crippen LogP contribution in [0.4, 0.5) is 0 Å². The molecule has 0 amide bonds. The van der Waals surface area contributed by atoms with Gasteiger partial charge in [0.25, 0.3) is 0 Å². The van der Waals surface area contributed by atoms with Gasteiger partial charge in [-0.1, -0.05) is 0 Å². The molecule has 0 aromatic rings. The van der Waals surface area contributed by atoms with Crippen molar-refractivity contribution in [1.82, 2.24) is 0 Å². The zero-order valence-electron chi connectivity index (χ0n) is 6.10. The second kappa shape index (κ2) is 229. The second-order valence-electron chi connectivity index (χ2n) is 0. The van der Waals surface area contributed by atoms with Crippen molar-refractivity contribution in [3.63, 3.8) is 0 Å². The van der Waals surface area contributed by atoms with E-state index in [-0.39, 0.29) is 31.0 Å². The maximum atomic E-state index is 6.50. The van der Waals surface area contributed by atoms with Gasteiger partial charge in [-0.2, -0.15) is 0 Å². The molecule has 5 heteroatoms. The van der Waals surface area contributed by atoms with Crippen molar-refractivity contribution in [3.8, 4) is 26.3 Å². The van der Waals surface area contributed by atoms with Crippen molar-refractivity contribution < 1.29 is 31.0 Å². The first kappa shape index (κ1) is 44.0. The van der Waals surface area contributed by atoms with Gasteiger partial charge in [-0.05, 0) is 0 Å². The molecule has 0 heterocycles. The second-order valence-corrected chi connectivity index (χ2v) is 0. The average molecular weight is 132 g/mol. The Morgan fingerprint density at radius 1 is 0.556 bits per heavy atom. The Balaban J connectivity index is -0.00000000500. The van der Waals surface area contributed by atoms with E-state index in [1.807, 2.05) is 0 Å². The Morgan fingerprint density at radius 2 is 0.556 bits per heavy atom. The Bertz CT molecular complexity index is 60.2. The number of nitriles is 4. The van der Waals surface area contributed by atoms with Crippen LogP contribution in [0.2, 0.25) is 0 Å². The normalized spacial score (nSPS) is 0.889. The molecule has 0 aromatic heterocycles. The van der Waals surface area contributed by atoms with Crippen molar-refractivity contribution in [2.24, 2.45) is 0 Å². The Hall–Kier alpha value is -1.04. The van der Waals surface area contributed by atoms with Crippen molar-refractivity contribution in [3.05, 3.63) is 0 Å². The molecule has 0 aliphatic rings. The van der Waals surface area contributed by atoms with Crippen molar-refractivity contribution >= 4 is 0 Å². The van der Waals surface area contributed by atoms with E-state index in [9.17, 15) is 0 Å². The topological polar surface area (TPSA) is 95.2 Å². The molecule has 0 aromatic carbocycles. The predicted octanol–water partition coefficient (Wildman–Crippen LogP) is -2.32. The molecule has 0 saturated carbocycles. The molecule has 42 valence electrons. The SMILES string of the molecule is C#N.C#N.C#N.C#N.[H-].[Na+]. The van der Waals surface area contributed by atoms with Gasteiger partial charge in [0.2, 0.25) is 0 Å². The van der Waals surface area contributed by atoms with Crippen molar-refractivity contribution in [2.75, 3.05) is 0 Å². The molecule has 0 radical (unpaired) electrons. The molecule has 0 N–H and O–H groups in total. The molecule has 0 bridgehead atoms. The maximum Gasteiger partial charge on any atom is 1.00 e. The van der Waals surface area contributed by atoms with Gasteiger partial charge < -0.3 is 1.43 Å². The summed E-state index contributed by atoms with van der Waals surface area (Å²) in [7, 11) is 0. The molecule has 4 nitrogen and oxygen atoms in total. The van der Waals surface area contributed by atoms with Crippen molar-refractivity contribution in [2.45, 2.75) is 0 Å². The standard InChI is InChI=1S/4CHN.Na.H/c4*1-2;;/h4*1H;;/q;;;;+1;-1. The zero-order valence-corrected chi connectivity index (χ0v) is 7.10. The Morgan fingerprint density at radius 3 is 0.556 bits per heavy atom. The van der Waals surface area contributed by atoms with E-state index in [4.69, 9.17) is 21.0 Å². The van der Waals surface area contributed by atoms with Crippen LogP contribution < -0.4 is 29.6 Å². The summed E-state index contributed by atoms with van der Waals surface area (Å²) in [6.45, 7) is 14.0. The van der Waals surface area contributed by atoms with E-state index in [0.717, 1.165) is 0 Å². The summed E-state index contributed by atoms with van der Waals surface area (Å²) in [6.07, 6.45) is 0. The molecule has 0 unspecified atom stereocenters.